The highest BCUT2D eigenvalue weighted by atomic mass is 16.3. The number of Topliss-reactive ketones (excluding diaryl/α,β-unsaturated/α-hetero) is 1. The van der Waals surface area contributed by atoms with Crippen LogP contribution >= 0.6 is 0 Å². The predicted molar refractivity (Wildman–Crippen MR) is 102 cm³/mol. The fourth-order valence-electron chi connectivity index (χ4n) is 2.73. The molecule has 0 unspecified atom stereocenters. The average molecular weight is 343 g/mol. The van der Waals surface area contributed by atoms with Gasteiger partial charge < -0.3 is 0 Å². The topological polar surface area (TPSA) is 63.6 Å². The molecule has 0 spiro atoms. The van der Waals surface area contributed by atoms with Gasteiger partial charge in [-0.05, 0) is 64.1 Å². The summed E-state index contributed by atoms with van der Waals surface area (Å²) >= 11 is 0. The van der Waals surface area contributed by atoms with Gasteiger partial charge in [-0.25, -0.2) is 0 Å². The maximum absolute atomic E-state index is 12.4. The van der Waals surface area contributed by atoms with Crippen molar-refractivity contribution < 1.29 is 9.59 Å². The summed E-state index contributed by atoms with van der Waals surface area (Å²) in [5, 5.41) is 2.88. The van der Waals surface area contributed by atoms with Gasteiger partial charge in [-0.1, -0.05) is 43.1 Å². The first-order valence-corrected chi connectivity index (χ1v) is 9.05. The Labute approximate surface area is 150 Å². The van der Waals surface area contributed by atoms with Crippen LogP contribution in [0.15, 0.2) is 51.4 Å². The van der Waals surface area contributed by atoms with E-state index < -0.39 is 0 Å². The monoisotopic (exact) mass is 343 g/mol. The summed E-state index contributed by atoms with van der Waals surface area (Å²) < 4.78 is 0. The Hall–Kier alpha value is -2.10. The summed E-state index contributed by atoms with van der Waals surface area (Å²) in [5.41, 5.74) is 2.85. The van der Waals surface area contributed by atoms with E-state index in [2.05, 4.69) is 32.0 Å². The molecule has 0 aromatic rings. The highest BCUT2D eigenvalue weighted by Crippen LogP contribution is 2.26. The van der Waals surface area contributed by atoms with Crippen molar-refractivity contribution >= 4 is 11.6 Å². The van der Waals surface area contributed by atoms with Crippen LogP contribution < -0.4 is 0 Å². The molecule has 0 aromatic carbocycles. The van der Waals surface area contributed by atoms with Gasteiger partial charge in [0.05, 0.1) is 0 Å². The van der Waals surface area contributed by atoms with E-state index in [1.807, 2.05) is 13.0 Å². The van der Waals surface area contributed by atoms with E-state index in [0.717, 1.165) is 37.7 Å². The minimum Gasteiger partial charge on any atom is -0.290 e. The van der Waals surface area contributed by atoms with Crippen molar-refractivity contribution in [1.82, 2.24) is 0 Å². The maximum atomic E-state index is 12.4. The number of nitroso groups, excluding NO2 is 1. The molecule has 1 aliphatic carbocycles. The van der Waals surface area contributed by atoms with Crippen molar-refractivity contribution in [3.8, 4) is 0 Å². The molecule has 0 heterocycles. The number of hydrogen-bond acceptors (Lipinski definition) is 4. The lowest BCUT2D eigenvalue weighted by Gasteiger charge is -2.14. The van der Waals surface area contributed by atoms with Crippen molar-refractivity contribution in [2.24, 2.45) is 5.18 Å². The van der Waals surface area contributed by atoms with Gasteiger partial charge in [-0.15, -0.1) is 4.91 Å². The van der Waals surface area contributed by atoms with Crippen LogP contribution in [0, 0.1) is 4.91 Å². The van der Waals surface area contributed by atoms with Crippen LogP contribution in [-0.2, 0) is 9.59 Å². The second-order valence-electron chi connectivity index (χ2n) is 6.81. The Bertz CT molecular complexity index is 644. The first-order valence-electron chi connectivity index (χ1n) is 9.05. The summed E-state index contributed by atoms with van der Waals surface area (Å²) in [5.74, 6) is -0.634. The summed E-state index contributed by atoms with van der Waals surface area (Å²) in [7, 11) is 0. The predicted octanol–water partition coefficient (Wildman–Crippen LogP) is 5.75. The Morgan fingerprint density at radius 3 is 2.44 bits per heavy atom. The molecule has 1 aliphatic rings. The zero-order valence-corrected chi connectivity index (χ0v) is 15.9. The van der Waals surface area contributed by atoms with E-state index in [1.165, 1.54) is 11.6 Å². The smallest absolute Gasteiger partial charge is 0.211 e. The van der Waals surface area contributed by atoms with E-state index in [0.29, 0.717) is 12.0 Å². The van der Waals surface area contributed by atoms with Gasteiger partial charge in [0.1, 0.15) is 0 Å². The molecule has 0 radical (unpaired) electrons. The minimum atomic E-state index is -0.378. The van der Waals surface area contributed by atoms with Crippen molar-refractivity contribution in [2.75, 3.05) is 0 Å². The van der Waals surface area contributed by atoms with E-state index in [4.69, 9.17) is 0 Å². The molecule has 4 heteroatoms. The summed E-state index contributed by atoms with van der Waals surface area (Å²) in [6, 6.07) is 0. The number of allylic oxidation sites excluding steroid dienone is 7. The van der Waals surface area contributed by atoms with Gasteiger partial charge in [0.25, 0.3) is 0 Å². The lowest BCUT2D eigenvalue weighted by molar-refractivity contribution is -0.116. The molecular weight excluding hydrogens is 314 g/mol. The normalized spacial score (nSPS) is 15.4. The molecule has 0 amide bonds. The fourth-order valence-corrected chi connectivity index (χ4v) is 2.73. The molecule has 0 aromatic heterocycles. The Balaban J connectivity index is 2.83. The highest BCUT2D eigenvalue weighted by Gasteiger charge is 2.28. The molecule has 0 bridgehead atoms. The van der Waals surface area contributed by atoms with Crippen LogP contribution in [0.1, 0.15) is 72.6 Å². The molecule has 0 saturated heterocycles. The maximum Gasteiger partial charge on any atom is 0.211 e. The van der Waals surface area contributed by atoms with E-state index in [-0.39, 0.29) is 29.3 Å². The first-order chi connectivity index (χ1) is 11.9. The average Bonchev–Trinajstić information content (AvgIpc) is 2.56. The van der Waals surface area contributed by atoms with Crippen molar-refractivity contribution in [3.63, 3.8) is 0 Å². The SMILES string of the molecule is CCCCCC1=CC(=O)C(C/C=C(\C)CCC=C(C)C)=C(N=O)C1=O. The molecule has 136 valence electrons. The fraction of sp³-hybridized carbons (Fsp3) is 0.524. The Morgan fingerprint density at radius 1 is 1.12 bits per heavy atom. The van der Waals surface area contributed by atoms with Crippen molar-refractivity contribution in [1.29, 1.82) is 0 Å². The summed E-state index contributed by atoms with van der Waals surface area (Å²) in [6.07, 6.45) is 11.0. The molecule has 0 aliphatic heterocycles. The number of rotatable bonds is 10. The van der Waals surface area contributed by atoms with Crippen LogP contribution in [0.3, 0.4) is 0 Å². The molecule has 0 N–H and O–H groups in total. The zero-order chi connectivity index (χ0) is 18.8. The molecule has 4 nitrogen and oxygen atoms in total. The van der Waals surface area contributed by atoms with Crippen LogP contribution in [0.2, 0.25) is 0 Å². The third-order valence-electron chi connectivity index (χ3n) is 4.28. The number of unbranched alkanes of at least 4 members (excludes halogenated alkanes) is 2. The van der Waals surface area contributed by atoms with Gasteiger partial charge in [0, 0.05) is 11.1 Å². The molecule has 0 atom stereocenters. The molecular formula is C21H29NO3. The largest absolute Gasteiger partial charge is 0.290 e. The van der Waals surface area contributed by atoms with Crippen molar-refractivity contribution in [2.45, 2.75) is 72.6 Å². The number of carbonyl (C=O) groups is 2. The second kappa shape index (κ2) is 10.7. The molecule has 0 fully saturated rings. The minimum absolute atomic E-state index is 0.202. The molecule has 0 saturated carbocycles. The number of nitrogens with zero attached hydrogens (tertiary/aromatic N) is 1. The van der Waals surface area contributed by atoms with Crippen LogP contribution in [0.5, 0.6) is 0 Å². The van der Waals surface area contributed by atoms with Gasteiger partial charge in [-0.2, -0.15) is 0 Å². The third kappa shape index (κ3) is 6.73. The quantitative estimate of drug-likeness (QED) is 0.220. The van der Waals surface area contributed by atoms with Crippen LogP contribution in [0.25, 0.3) is 0 Å². The lowest BCUT2D eigenvalue weighted by Crippen LogP contribution is -2.18. The van der Waals surface area contributed by atoms with E-state index in [1.54, 1.807) is 0 Å². The van der Waals surface area contributed by atoms with Gasteiger partial charge in [0.15, 0.2) is 11.5 Å². The first kappa shape index (κ1) is 20.9. The third-order valence-corrected chi connectivity index (χ3v) is 4.28. The number of carbonyl (C=O) groups excluding carboxylic acids is 2. The summed E-state index contributed by atoms with van der Waals surface area (Å²) in [6.45, 7) is 8.19. The van der Waals surface area contributed by atoms with Gasteiger partial charge in [0.2, 0.25) is 5.78 Å². The number of hydrogen-bond donors (Lipinski definition) is 0. The van der Waals surface area contributed by atoms with Gasteiger partial charge in [-0.3, -0.25) is 9.59 Å². The molecule has 1 rings (SSSR count). The van der Waals surface area contributed by atoms with Gasteiger partial charge >= 0.3 is 0 Å². The van der Waals surface area contributed by atoms with E-state index in [9.17, 15) is 14.5 Å². The van der Waals surface area contributed by atoms with Crippen LogP contribution in [0.4, 0.5) is 0 Å². The highest BCUT2D eigenvalue weighted by molar-refractivity contribution is 6.22. The second-order valence-corrected chi connectivity index (χ2v) is 6.81. The van der Waals surface area contributed by atoms with E-state index >= 15 is 0 Å². The molecule has 25 heavy (non-hydrogen) atoms. The lowest BCUT2D eigenvalue weighted by atomic mass is 9.89. The Morgan fingerprint density at radius 2 is 1.84 bits per heavy atom. The Kier molecular flexibility index (Phi) is 8.96. The van der Waals surface area contributed by atoms with Crippen LogP contribution in [-0.4, -0.2) is 11.6 Å². The number of ketones is 2. The summed E-state index contributed by atoms with van der Waals surface area (Å²) in [4.78, 5) is 35.9. The zero-order valence-electron chi connectivity index (χ0n) is 15.9. The van der Waals surface area contributed by atoms with Crippen molar-refractivity contribution in [3.05, 3.63) is 51.1 Å². The standard InChI is InChI=1S/C21H29NO3/c1-5-6-7-11-17-14-19(23)18(20(22-25)21(17)24)13-12-16(4)10-8-9-15(2)3/h9,12,14H,5-8,10-11,13H2,1-4H3/b16-12+.